The van der Waals surface area contributed by atoms with Crippen molar-refractivity contribution in [1.82, 2.24) is 14.9 Å². The minimum Gasteiger partial charge on any atom is -0.476 e. The third-order valence-corrected chi connectivity index (χ3v) is 3.04. The van der Waals surface area contributed by atoms with Gasteiger partial charge in [-0.05, 0) is 27.9 Å². The molecule has 0 aromatic carbocycles. The van der Waals surface area contributed by atoms with Crippen LogP contribution in [0.4, 0.5) is 5.82 Å². The van der Waals surface area contributed by atoms with Crippen LogP contribution in [0.25, 0.3) is 0 Å². The normalized spacial score (nSPS) is 12.2. The number of nitrogens with two attached hydrogens (primary N) is 1. The first-order chi connectivity index (χ1) is 8.22. The van der Waals surface area contributed by atoms with Crippen molar-refractivity contribution in [2.24, 2.45) is 0 Å². The molecular weight excluding hydrogens is 228 g/mol. The van der Waals surface area contributed by atoms with Crippen LogP contribution in [0.2, 0.25) is 0 Å². The molecule has 0 bridgehead atoms. The summed E-state index contributed by atoms with van der Waals surface area (Å²) in [6.07, 6.45) is 0. The zero-order valence-corrected chi connectivity index (χ0v) is 12.2. The largest absolute Gasteiger partial charge is 0.476 e. The smallest absolute Gasteiger partial charge is 0.218 e. The summed E-state index contributed by atoms with van der Waals surface area (Å²) in [5.41, 5.74) is 5.70. The molecule has 5 nitrogen and oxygen atoms in total. The van der Waals surface area contributed by atoms with Gasteiger partial charge < -0.3 is 15.4 Å². The number of rotatable bonds is 5. The Morgan fingerprint density at radius 2 is 1.94 bits per heavy atom. The second kappa shape index (κ2) is 5.52. The Kier molecular flexibility index (Phi) is 4.51. The molecule has 1 aromatic heterocycles. The molecule has 0 unspecified atom stereocenters. The maximum atomic E-state index is 5.75. The fourth-order valence-electron chi connectivity index (χ4n) is 1.17. The second-order valence-electron chi connectivity index (χ2n) is 5.64. The van der Waals surface area contributed by atoms with Crippen LogP contribution < -0.4 is 10.5 Å². The van der Waals surface area contributed by atoms with E-state index in [0.29, 0.717) is 24.1 Å². The molecule has 102 valence electrons. The van der Waals surface area contributed by atoms with Gasteiger partial charge in [-0.3, -0.25) is 0 Å². The van der Waals surface area contributed by atoms with Gasteiger partial charge in [-0.15, -0.1) is 0 Å². The standard InChI is InChI=1S/C13H24N4O/c1-9(2)12-15-10(14)7-11(16-12)18-8-13(3,4)17(5)6/h7,9H,8H2,1-6H3,(H2,14,15,16). The summed E-state index contributed by atoms with van der Waals surface area (Å²) >= 11 is 0. The monoisotopic (exact) mass is 252 g/mol. The van der Waals surface area contributed by atoms with Gasteiger partial charge in [-0.25, -0.2) is 4.98 Å². The molecular formula is C13H24N4O. The molecule has 0 aliphatic heterocycles. The summed E-state index contributed by atoms with van der Waals surface area (Å²) in [5, 5.41) is 0. The molecule has 0 spiro atoms. The molecule has 0 fully saturated rings. The second-order valence-corrected chi connectivity index (χ2v) is 5.64. The fraction of sp³-hybridized carbons (Fsp3) is 0.692. The summed E-state index contributed by atoms with van der Waals surface area (Å²) in [6.45, 7) is 8.83. The first-order valence-corrected chi connectivity index (χ1v) is 6.17. The van der Waals surface area contributed by atoms with E-state index in [9.17, 15) is 0 Å². The molecule has 1 aromatic rings. The minimum atomic E-state index is -0.0578. The van der Waals surface area contributed by atoms with E-state index < -0.39 is 0 Å². The fourth-order valence-corrected chi connectivity index (χ4v) is 1.17. The summed E-state index contributed by atoms with van der Waals surface area (Å²) in [7, 11) is 4.05. The molecule has 0 saturated heterocycles. The van der Waals surface area contributed by atoms with Crippen molar-refractivity contribution in [2.45, 2.75) is 39.2 Å². The Hall–Kier alpha value is -1.36. The quantitative estimate of drug-likeness (QED) is 0.867. The molecule has 0 aliphatic carbocycles. The highest BCUT2D eigenvalue weighted by atomic mass is 16.5. The Balaban J connectivity index is 2.79. The Labute approximate surface area is 109 Å². The highest BCUT2D eigenvalue weighted by molar-refractivity contribution is 5.33. The third-order valence-electron chi connectivity index (χ3n) is 3.04. The highest BCUT2D eigenvalue weighted by Crippen LogP contribution is 2.18. The van der Waals surface area contributed by atoms with Crippen molar-refractivity contribution in [3.05, 3.63) is 11.9 Å². The maximum Gasteiger partial charge on any atom is 0.218 e. The Morgan fingerprint density at radius 1 is 1.33 bits per heavy atom. The Morgan fingerprint density at radius 3 is 2.44 bits per heavy atom. The van der Waals surface area contributed by atoms with Crippen molar-refractivity contribution in [3.63, 3.8) is 0 Å². The molecule has 0 saturated carbocycles. The molecule has 0 atom stereocenters. The molecule has 0 radical (unpaired) electrons. The number of ether oxygens (including phenoxy) is 1. The molecule has 1 heterocycles. The Bertz CT molecular complexity index is 402. The van der Waals surface area contributed by atoms with Gasteiger partial charge in [-0.1, -0.05) is 13.8 Å². The molecule has 2 N–H and O–H groups in total. The van der Waals surface area contributed by atoms with E-state index in [2.05, 4.69) is 28.7 Å². The first kappa shape index (κ1) is 14.7. The van der Waals surface area contributed by atoms with Crippen molar-refractivity contribution >= 4 is 5.82 Å². The van der Waals surface area contributed by atoms with E-state index in [-0.39, 0.29) is 11.5 Å². The van der Waals surface area contributed by atoms with Crippen molar-refractivity contribution in [3.8, 4) is 5.88 Å². The van der Waals surface area contributed by atoms with Gasteiger partial charge in [0.1, 0.15) is 18.2 Å². The number of nitrogen functional groups attached to an aromatic ring is 1. The van der Waals surface area contributed by atoms with E-state index in [1.54, 1.807) is 6.07 Å². The van der Waals surface area contributed by atoms with Crippen LogP contribution in [0.5, 0.6) is 5.88 Å². The van der Waals surface area contributed by atoms with Gasteiger partial charge in [0.05, 0.1) is 0 Å². The van der Waals surface area contributed by atoms with E-state index in [1.165, 1.54) is 0 Å². The van der Waals surface area contributed by atoms with E-state index in [4.69, 9.17) is 10.5 Å². The van der Waals surface area contributed by atoms with E-state index in [0.717, 1.165) is 0 Å². The van der Waals surface area contributed by atoms with E-state index >= 15 is 0 Å². The molecule has 1 rings (SSSR count). The average Bonchev–Trinajstić information content (AvgIpc) is 2.25. The predicted octanol–water partition coefficient (Wildman–Crippen LogP) is 1.90. The van der Waals surface area contributed by atoms with Gasteiger partial charge in [-0.2, -0.15) is 4.98 Å². The van der Waals surface area contributed by atoms with Crippen LogP contribution in [0.3, 0.4) is 0 Å². The van der Waals surface area contributed by atoms with Crippen LogP contribution in [0, 0.1) is 0 Å². The maximum absolute atomic E-state index is 5.75. The lowest BCUT2D eigenvalue weighted by Gasteiger charge is -2.31. The van der Waals surface area contributed by atoms with Gasteiger partial charge in [0.15, 0.2) is 0 Å². The summed E-state index contributed by atoms with van der Waals surface area (Å²) in [4.78, 5) is 10.7. The lowest BCUT2D eigenvalue weighted by molar-refractivity contribution is 0.111. The number of likely N-dealkylation sites (N-methyl/N-ethyl adjacent to an activating group) is 1. The molecule has 5 heteroatoms. The number of hydrogen-bond acceptors (Lipinski definition) is 5. The average molecular weight is 252 g/mol. The predicted molar refractivity (Wildman–Crippen MR) is 73.8 cm³/mol. The zero-order chi connectivity index (χ0) is 13.9. The number of nitrogens with zero attached hydrogens (tertiary/aromatic N) is 3. The van der Waals surface area contributed by atoms with Crippen LogP contribution in [0.1, 0.15) is 39.4 Å². The summed E-state index contributed by atoms with van der Waals surface area (Å²) in [6, 6.07) is 1.66. The van der Waals surface area contributed by atoms with Crippen LogP contribution in [0.15, 0.2) is 6.07 Å². The molecule has 0 aliphatic rings. The van der Waals surface area contributed by atoms with Crippen molar-refractivity contribution in [2.75, 3.05) is 26.4 Å². The summed E-state index contributed by atoms with van der Waals surface area (Å²) in [5.74, 6) is 1.94. The van der Waals surface area contributed by atoms with Crippen LogP contribution in [-0.2, 0) is 0 Å². The number of hydrogen-bond donors (Lipinski definition) is 1. The third kappa shape index (κ3) is 3.84. The molecule has 0 amide bonds. The summed E-state index contributed by atoms with van der Waals surface area (Å²) < 4.78 is 5.73. The lowest BCUT2D eigenvalue weighted by Crippen LogP contribution is -2.43. The van der Waals surface area contributed by atoms with Crippen LogP contribution >= 0.6 is 0 Å². The number of anilines is 1. The lowest BCUT2D eigenvalue weighted by atomic mass is 10.1. The minimum absolute atomic E-state index is 0.0578. The molecule has 18 heavy (non-hydrogen) atoms. The van der Waals surface area contributed by atoms with Gasteiger partial charge >= 0.3 is 0 Å². The SMILES string of the molecule is CC(C)c1nc(N)cc(OCC(C)(C)N(C)C)n1. The van der Waals surface area contributed by atoms with Gasteiger partial charge in [0, 0.05) is 17.5 Å². The van der Waals surface area contributed by atoms with Crippen molar-refractivity contribution in [1.29, 1.82) is 0 Å². The first-order valence-electron chi connectivity index (χ1n) is 6.17. The topological polar surface area (TPSA) is 64.3 Å². The van der Waals surface area contributed by atoms with E-state index in [1.807, 2.05) is 27.9 Å². The van der Waals surface area contributed by atoms with Gasteiger partial charge in [0.25, 0.3) is 0 Å². The zero-order valence-electron chi connectivity index (χ0n) is 12.2. The highest BCUT2D eigenvalue weighted by Gasteiger charge is 2.21. The van der Waals surface area contributed by atoms with Gasteiger partial charge in [0.2, 0.25) is 5.88 Å². The van der Waals surface area contributed by atoms with Crippen LogP contribution in [-0.4, -0.2) is 41.1 Å². The number of aromatic nitrogens is 2. The van der Waals surface area contributed by atoms with Crippen molar-refractivity contribution < 1.29 is 4.74 Å².